The highest BCUT2D eigenvalue weighted by atomic mass is 32.2. The minimum absolute atomic E-state index is 0.916. The Morgan fingerprint density at radius 1 is 0.815 bits per heavy atom. The molecule has 0 aliphatic rings. The van der Waals surface area contributed by atoms with Crippen LogP contribution < -0.4 is 9.64 Å². The van der Waals surface area contributed by atoms with E-state index in [1.54, 1.807) is 18.9 Å². The molecular formula is C24H35NOS. The summed E-state index contributed by atoms with van der Waals surface area (Å²) in [5, 5.41) is 0. The largest absolute Gasteiger partial charge is 0.497 e. The Morgan fingerprint density at radius 3 is 2.04 bits per heavy atom. The van der Waals surface area contributed by atoms with Crippen molar-refractivity contribution in [2.75, 3.05) is 24.8 Å². The topological polar surface area (TPSA) is 12.5 Å². The average Bonchev–Trinajstić information content (AvgIpc) is 2.73. The summed E-state index contributed by atoms with van der Waals surface area (Å²) in [6.07, 6.45) is 11.5. The molecule has 0 saturated carbocycles. The first kappa shape index (κ1) is 21.7. The quantitative estimate of drug-likeness (QED) is 0.268. The van der Waals surface area contributed by atoms with Crippen LogP contribution in [-0.2, 0) is 6.54 Å². The molecule has 0 spiro atoms. The number of anilines is 1. The number of hydrogen-bond donors (Lipinski definition) is 0. The van der Waals surface area contributed by atoms with Crippen LogP contribution in [0.1, 0.15) is 57.4 Å². The van der Waals surface area contributed by atoms with Crippen LogP contribution in [0.25, 0.3) is 0 Å². The molecule has 0 radical (unpaired) electrons. The Bertz CT molecular complexity index is 624. The highest BCUT2D eigenvalue weighted by Gasteiger charge is 2.08. The van der Waals surface area contributed by atoms with Gasteiger partial charge in [0.2, 0.25) is 0 Å². The van der Waals surface area contributed by atoms with Crippen molar-refractivity contribution in [2.45, 2.75) is 63.3 Å². The summed E-state index contributed by atoms with van der Waals surface area (Å²) in [4.78, 5) is 3.82. The van der Waals surface area contributed by atoms with Crippen molar-refractivity contribution in [1.82, 2.24) is 0 Å². The van der Waals surface area contributed by atoms with Crippen molar-refractivity contribution in [1.29, 1.82) is 0 Å². The van der Waals surface area contributed by atoms with Crippen LogP contribution in [0.2, 0.25) is 0 Å². The van der Waals surface area contributed by atoms with Gasteiger partial charge in [0.05, 0.1) is 7.11 Å². The number of benzene rings is 2. The summed E-state index contributed by atoms with van der Waals surface area (Å²) in [7, 11) is 1.72. The van der Waals surface area contributed by atoms with Crippen molar-refractivity contribution in [3.05, 3.63) is 54.1 Å². The number of ether oxygens (including phenoxy) is 1. The lowest BCUT2D eigenvalue weighted by Crippen LogP contribution is -2.23. The lowest BCUT2D eigenvalue weighted by Gasteiger charge is -2.25. The minimum Gasteiger partial charge on any atom is -0.497 e. The van der Waals surface area contributed by atoms with Crippen LogP contribution in [0.15, 0.2) is 53.4 Å². The van der Waals surface area contributed by atoms with Gasteiger partial charge < -0.3 is 9.64 Å². The maximum Gasteiger partial charge on any atom is 0.119 e. The van der Waals surface area contributed by atoms with Gasteiger partial charge in [0.15, 0.2) is 0 Å². The van der Waals surface area contributed by atoms with Gasteiger partial charge in [0.25, 0.3) is 0 Å². The maximum atomic E-state index is 5.32. The number of thioether (sulfide) groups is 1. The zero-order valence-corrected chi connectivity index (χ0v) is 18.1. The SMILES string of the molecule is CCCCCCCCCN(Cc1ccc(SC)cc1)c1ccc(OC)cc1. The van der Waals surface area contributed by atoms with E-state index >= 15 is 0 Å². The molecule has 27 heavy (non-hydrogen) atoms. The molecule has 3 heteroatoms. The molecule has 148 valence electrons. The molecule has 2 nitrogen and oxygen atoms in total. The monoisotopic (exact) mass is 385 g/mol. The van der Waals surface area contributed by atoms with E-state index < -0.39 is 0 Å². The number of methoxy groups -OCH3 is 1. The third kappa shape index (κ3) is 7.88. The summed E-state index contributed by atoms with van der Waals surface area (Å²) in [6, 6.07) is 17.4. The van der Waals surface area contributed by atoms with Crippen molar-refractivity contribution < 1.29 is 4.74 Å². The molecule has 2 rings (SSSR count). The molecule has 0 heterocycles. The van der Waals surface area contributed by atoms with E-state index in [0.29, 0.717) is 0 Å². The molecule has 0 fully saturated rings. The van der Waals surface area contributed by atoms with E-state index in [1.165, 1.54) is 61.1 Å². The van der Waals surface area contributed by atoms with Crippen molar-refractivity contribution >= 4 is 17.4 Å². The molecule has 0 atom stereocenters. The Kier molecular flexibility index (Phi) is 10.2. The number of hydrogen-bond acceptors (Lipinski definition) is 3. The van der Waals surface area contributed by atoms with Crippen molar-refractivity contribution in [2.24, 2.45) is 0 Å². The molecule has 0 unspecified atom stereocenters. The molecule has 0 aliphatic heterocycles. The van der Waals surface area contributed by atoms with Crippen LogP contribution in [0.5, 0.6) is 5.75 Å². The molecule has 0 bridgehead atoms. The lowest BCUT2D eigenvalue weighted by molar-refractivity contribution is 0.415. The Hall–Kier alpha value is -1.61. The van der Waals surface area contributed by atoms with Crippen LogP contribution in [0.4, 0.5) is 5.69 Å². The van der Waals surface area contributed by atoms with Crippen molar-refractivity contribution in [3.8, 4) is 5.75 Å². The normalized spacial score (nSPS) is 10.8. The Morgan fingerprint density at radius 2 is 1.44 bits per heavy atom. The fourth-order valence-corrected chi connectivity index (χ4v) is 3.71. The van der Waals surface area contributed by atoms with Gasteiger partial charge in [0.1, 0.15) is 5.75 Å². The summed E-state index contributed by atoms with van der Waals surface area (Å²) < 4.78 is 5.32. The molecule has 2 aromatic carbocycles. The van der Waals surface area contributed by atoms with E-state index in [4.69, 9.17) is 4.74 Å². The maximum absolute atomic E-state index is 5.32. The van der Waals surface area contributed by atoms with Gasteiger partial charge in [-0.1, -0.05) is 57.6 Å². The van der Waals surface area contributed by atoms with Gasteiger partial charge in [-0.25, -0.2) is 0 Å². The van der Waals surface area contributed by atoms with Crippen LogP contribution in [-0.4, -0.2) is 19.9 Å². The van der Waals surface area contributed by atoms with Crippen LogP contribution >= 0.6 is 11.8 Å². The van der Waals surface area contributed by atoms with E-state index in [9.17, 15) is 0 Å². The van der Waals surface area contributed by atoms with Crippen LogP contribution in [0.3, 0.4) is 0 Å². The van der Waals surface area contributed by atoms with Gasteiger partial charge in [-0.2, -0.15) is 0 Å². The molecule has 0 amide bonds. The number of unbranched alkanes of at least 4 members (excludes halogenated alkanes) is 6. The summed E-state index contributed by atoms with van der Waals surface area (Å²) >= 11 is 1.79. The smallest absolute Gasteiger partial charge is 0.119 e. The fourth-order valence-electron chi connectivity index (χ4n) is 3.30. The summed E-state index contributed by atoms with van der Waals surface area (Å²) in [6.45, 7) is 4.33. The predicted octanol–water partition coefficient (Wildman–Crippen LogP) is 7.17. The number of rotatable bonds is 13. The summed E-state index contributed by atoms with van der Waals surface area (Å²) in [5.41, 5.74) is 2.64. The highest BCUT2D eigenvalue weighted by Crippen LogP contribution is 2.23. The fraction of sp³-hybridized carbons (Fsp3) is 0.500. The third-order valence-corrected chi connectivity index (χ3v) is 5.75. The second kappa shape index (κ2) is 12.7. The molecule has 0 saturated heterocycles. The lowest BCUT2D eigenvalue weighted by atomic mass is 10.1. The zero-order chi connectivity index (χ0) is 19.3. The van der Waals surface area contributed by atoms with Gasteiger partial charge in [0, 0.05) is 23.7 Å². The minimum atomic E-state index is 0.916. The first-order valence-corrected chi connectivity index (χ1v) is 11.5. The van der Waals surface area contributed by atoms with Crippen molar-refractivity contribution in [3.63, 3.8) is 0 Å². The molecule has 0 aliphatic carbocycles. The van der Waals surface area contributed by atoms with Gasteiger partial charge in [-0.15, -0.1) is 11.8 Å². The van der Waals surface area contributed by atoms with E-state index in [2.05, 4.69) is 66.6 Å². The van der Waals surface area contributed by atoms with Gasteiger partial charge in [-0.05, 0) is 54.6 Å². The second-order valence-corrected chi connectivity index (χ2v) is 7.97. The first-order chi connectivity index (χ1) is 13.3. The van der Waals surface area contributed by atoms with E-state index in [1.807, 2.05) is 0 Å². The second-order valence-electron chi connectivity index (χ2n) is 7.09. The molecule has 0 aromatic heterocycles. The highest BCUT2D eigenvalue weighted by molar-refractivity contribution is 7.98. The Balaban J connectivity index is 1.94. The first-order valence-electron chi connectivity index (χ1n) is 10.3. The zero-order valence-electron chi connectivity index (χ0n) is 17.2. The molecule has 2 aromatic rings. The standard InChI is InChI=1S/C24H35NOS/c1-4-5-6-7-8-9-10-19-25(22-13-15-23(26-2)16-14-22)20-21-11-17-24(27-3)18-12-21/h11-18H,4-10,19-20H2,1-3H3. The number of nitrogens with zero attached hydrogens (tertiary/aromatic N) is 1. The molecule has 0 N–H and O–H groups in total. The predicted molar refractivity (Wildman–Crippen MR) is 120 cm³/mol. The van der Waals surface area contributed by atoms with E-state index in [0.717, 1.165) is 18.8 Å². The summed E-state index contributed by atoms with van der Waals surface area (Å²) in [5.74, 6) is 0.916. The van der Waals surface area contributed by atoms with Gasteiger partial charge >= 0.3 is 0 Å². The van der Waals surface area contributed by atoms with E-state index in [-0.39, 0.29) is 0 Å². The van der Waals surface area contributed by atoms with Gasteiger partial charge in [-0.3, -0.25) is 0 Å². The Labute approximate surface area is 170 Å². The average molecular weight is 386 g/mol. The third-order valence-electron chi connectivity index (χ3n) is 5.00. The molecular weight excluding hydrogens is 350 g/mol. The van der Waals surface area contributed by atoms with Crippen LogP contribution in [0, 0.1) is 0 Å².